The van der Waals surface area contributed by atoms with Crippen molar-refractivity contribution in [2.75, 3.05) is 26.3 Å². The molecular weight excluding hydrogens is 334 g/mol. The summed E-state index contributed by atoms with van der Waals surface area (Å²) in [5.41, 5.74) is 1.30. The van der Waals surface area contributed by atoms with E-state index in [1.807, 2.05) is 22.9 Å². The van der Waals surface area contributed by atoms with Gasteiger partial charge in [-0.15, -0.1) is 5.10 Å². The summed E-state index contributed by atoms with van der Waals surface area (Å²) in [6.07, 6.45) is 4.61. The van der Waals surface area contributed by atoms with Crippen LogP contribution in [-0.2, 0) is 6.54 Å². The van der Waals surface area contributed by atoms with Gasteiger partial charge < -0.3 is 20.1 Å². The van der Waals surface area contributed by atoms with Gasteiger partial charge in [-0.2, -0.15) is 0 Å². The third kappa shape index (κ3) is 3.80. The zero-order chi connectivity index (χ0) is 17.8. The lowest BCUT2D eigenvalue weighted by atomic mass is 10.1. The topological polar surface area (TPSA) is 90.3 Å². The molecular formula is C18H23N5O3. The van der Waals surface area contributed by atoms with Crippen LogP contribution < -0.4 is 20.1 Å². The maximum absolute atomic E-state index is 12.4. The van der Waals surface area contributed by atoms with Gasteiger partial charge in [0.25, 0.3) is 5.91 Å². The van der Waals surface area contributed by atoms with E-state index < -0.39 is 0 Å². The van der Waals surface area contributed by atoms with E-state index in [0.29, 0.717) is 31.5 Å². The Kier molecular flexibility index (Phi) is 5.01. The lowest BCUT2D eigenvalue weighted by Gasteiger charge is -2.22. The third-order valence-electron chi connectivity index (χ3n) is 4.69. The smallest absolute Gasteiger partial charge is 0.273 e. The highest BCUT2D eigenvalue weighted by atomic mass is 16.5. The van der Waals surface area contributed by atoms with Crippen molar-refractivity contribution in [3.8, 4) is 11.5 Å². The van der Waals surface area contributed by atoms with Crippen molar-refractivity contribution in [2.45, 2.75) is 31.8 Å². The zero-order valence-corrected chi connectivity index (χ0v) is 14.6. The highest BCUT2D eigenvalue weighted by Gasteiger charge is 2.19. The number of rotatable bonds is 4. The van der Waals surface area contributed by atoms with Crippen molar-refractivity contribution in [2.24, 2.45) is 0 Å². The van der Waals surface area contributed by atoms with Gasteiger partial charge in [0.2, 0.25) is 0 Å². The first-order valence-electron chi connectivity index (χ1n) is 9.09. The summed E-state index contributed by atoms with van der Waals surface area (Å²) >= 11 is 0. The molecule has 1 fully saturated rings. The molecule has 1 saturated heterocycles. The molecule has 0 bridgehead atoms. The largest absolute Gasteiger partial charge is 0.490 e. The van der Waals surface area contributed by atoms with Gasteiger partial charge in [0.05, 0.1) is 25.5 Å². The standard InChI is InChI=1S/C18H23N5O3/c24-18(15-12-23(22-21-15)14-4-6-19-7-5-14)20-11-13-2-3-16-17(10-13)26-9-1-8-25-16/h2-3,10,12,14,19H,1,4-9,11H2,(H,20,24). The van der Waals surface area contributed by atoms with Crippen molar-refractivity contribution in [1.82, 2.24) is 25.6 Å². The van der Waals surface area contributed by atoms with Crippen molar-refractivity contribution in [1.29, 1.82) is 0 Å². The van der Waals surface area contributed by atoms with E-state index >= 15 is 0 Å². The molecule has 2 aliphatic heterocycles. The zero-order valence-electron chi connectivity index (χ0n) is 14.6. The number of carbonyl (C=O) groups excluding carboxylic acids is 1. The van der Waals surface area contributed by atoms with Crippen LogP contribution in [0.3, 0.4) is 0 Å². The van der Waals surface area contributed by atoms with Gasteiger partial charge in [-0.05, 0) is 43.6 Å². The first-order valence-corrected chi connectivity index (χ1v) is 9.09. The van der Waals surface area contributed by atoms with Crippen LogP contribution in [0.2, 0.25) is 0 Å². The number of piperidine rings is 1. The molecule has 0 radical (unpaired) electrons. The fourth-order valence-electron chi connectivity index (χ4n) is 3.22. The Morgan fingerprint density at radius 1 is 1.23 bits per heavy atom. The molecule has 1 amide bonds. The fourth-order valence-corrected chi connectivity index (χ4v) is 3.22. The molecule has 138 valence electrons. The van der Waals surface area contributed by atoms with E-state index in [2.05, 4.69) is 20.9 Å². The Morgan fingerprint density at radius 2 is 2.04 bits per heavy atom. The second-order valence-electron chi connectivity index (χ2n) is 6.58. The normalized spacial score (nSPS) is 17.5. The van der Waals surface area contributed by atoms with Crippen molar-refractivity contribution in [3.63, 3.8) is 0 Å². The number of amides is 1. The number of carbonyl (C=O) groups is 1. The Balaban J connectivity index is 1.36. The Morgan fingerprint density at radius 3 is 2.88 bits per heavy atom. The van der Waals surface area contributed by atoms with Crippen molar-refractivity contribution >= 4 is 5.91 Å². The predicted molar refractivity (Wildman–Crippen MR) is 94.4 cm³/mol. The van der Waals surface area contributed by atoms with Crippen LogP contribution in [0.5, 0.6) is 11.5 Å². The highest BCUT2D eigenvalue weighted by molar-refractivity contribution is 5.91. The Hall–Kier alpha value is -2.61. The van der Waals surface area contributed by atoms with E-state index in [4.69, 9.17) is 9.47 Å². The lowest BCUT2D eigenvalue weighted by molar-refractivity contribution is 0.0945. The molecule has 1 aromatic heterocycles. The van der Waals surface area contributed by atoms with Gasteiger partial charge in [-0.25, -0.2) is 4.68 Å². The summed E-state index contributed by atoms with van der Waals surface area (Å²) in [6.45, 7) is 3.64. The van der Waals surface area contributed by atoms with Gasteiger partial charge in [0, 0.05) is 13.0 Å². The van der Waals surface area contributed by atoms with E-state index in [-0.39, 0.29) is 5.91 Å². The fraction of sp³-hybridized carbons (Fsp3) is 0.500. The molecule has 0 unspecified atom stereocenters. The van der Waals surface area contributed by atoms with Crippen molar-refractivity contribution < 1.29 is 14.3 Å². The summed E-state index contributed by atoms with van der Waals surface area (Å²) in [7, 11) is 0. The maximum Gasteiger partial charge on any atom is 0.273 e. The van der Waals surface area contributed by atoms with Crippen LogP contribution in [0.1, 0.15) is 41.4 Å². The van der Waals surface area contributed by atoms with Gasteiger partial charge in [0.15, 0.2) is 17.2 Å². The number of nitrogens with zero attached hydrogens (tertiary/aromatic N) is 3. The molecule has 0 aliphatic carbocycles. The van der Waals surface area contributed by atoms with Crippen molar-refractivity contribution in [3.05, 3.63) is 35.7 Å². The number of ether oxygens (including phenoxy) is 2. The number of fused-ring (bicyclic) bond motifs is 1. The molecule has 0 atom stereocenters. The molecule has 8 heteroatoms. The minimum atomic E-state index is -0.225. The second-order valence-corrected chi connectivity index (χ2v) is 6.58. The van der Waals surface area contributed by atoms with Crippen LogP contribution in [0.15, 0.2) is 24.4 Å². The summed E-state index contributed by atoms with van der Waals surface area (Å²) < 4.78 is 13.1. The molecule has 2 aromatic rings. The van der Waals surface area contributed by atoms with E-state index in [0.717, 1.165) is 49.4 Å². The number of benzene rings is 1. The van der Waals surface area contributed by atoms with Crippen LogP contribution in [0, 0.1) is 0 Å². The van der Waals surface area contributed by atoms with Crippen LogP contribution in [0.4, 0.5) is 0 Å². The molecule has 0 saturated carbocycles. The average Bonchev–Trinajstić information content (AvgIpc) is 3.06. The quantitative estimate of drug-likeness (QED) is 0.857. The van der Waals surface area contributed by atoms with Gasteiger partial charge >= 0.3 is 0 Å². The third-order valence-corrected chi connectivity index (χ3v) is 4.69. The molecule has 4 rings (SSSR count). The minimum absolute atomic E-state index is 0.225. The second kappa shape index (κ2) is 7.74. The number of hydrogen-bond donors (Lipinski definition) is 2. The average molecular weight is 357 g/mol. The Bertz CT molecular complexity index is 770. The van der Waals surface area contributed by atoms with E-state index in [1.54, 1.807) is 6.20 Å². The van der Waals surface area contributed by atoms with Crippen LogP contribution in [0.25, 0.3) is 0 Å². The minimum Gasteiger partial charge on any atom is -0.490 e. The number of aromatic nitrogens is 3. The lowest BCUT2D eigenvalue weighted by Crippen LogP contribution is -2.29. The van der Waals surface area contributed by atoms with Gasteiger partial charge in [-0.3, -0.25) is 4.79 Å². The first-order chi connectivity index (χ1) is 12.8. The molecule has 3 heterocycles. The summed E-state index contributed by atoms with van der Waals surface area (Å²) in [5, 5.41) is 14.4. The first kappa shape index (κ1) is 16.8. The molecule has 2 N–H and O–H groups in total. The molecule has 1 aromatic carbocycles. The SMILES string of the molecule is O=C(NCc1ccc2c(c1)OCCCO2)c1cn(C2CCNCC2)nn1. The van der Waals surface area contributed by atoms with Gasteiger partial charge in [0.1, 0.15) is 0 Å². The molecule has 26 heavy (non-hydrogen) atoms. The van der Waals surface area contributed by atoms with E-state index in [9.17, 15) is 4.79 Å². The molecule has 8 nitrogen and oxygen atoms in total. The Labute approximate surface area is 151 Å². The summed E-state index contributed by atoms with van der Waals surface area (Å²) in [5.74, 6) is 1.26. The molecule has 2 aliphatic rings. The van der Waals surface area contributed by atoms with Crippen LogP contribution >= 0.6 is 0 Å². The van der Waals surface area contributed by atoms with E-state index in [1.165, 1.54) is 0 Å². The number of nitrogens with one attached hydrogen (secondary N) is 2. The predicted octanol–water partition coefficient (Wildman–Crippen LogP) is 1.29. The monoisotopic (exact) mass is 357 g/mol. The number of hydrogen-bond acceptors (Lipinski definition) is 6. The summed E-state index contributed by atoms with van der Waals surface area (Å²) in [4.78, 5) is 12.4. The van der Waals surface area contributed by atoms with Crippen LogP contribution in [-0.4, -0.2) is 47.2 Å². The summed E-state index contributed by atoms with van der Waals surface area (Å²) in [6, 6.07) is 6.04. The molecule has 0 spiro atoms. The van der Waals surface area contributed by atoms with Gasteiger partial charge in [-0.1, -0.05) is 11.3 Å². The maximum atomic E-state index is 12.4. The highest BCUT2D eigenvalue weighted by Crippen LogP contribution is 2.30.